The van der Waals surface area contributed by atoms with E-state index in [1.807, 2.05) is 18.2 Å². The van der Waals surface area contributed by atoms with Crippen molar-refractivity contribution in [3.63, 3.8) is 0 Å². The van der Waals surface area contributed by atoms with Gasteiger partial charge in [0.2, 0.25) is 0 Å². The van der Waals surface area contributed by atoms with Gasteiger partial charge in [0.25, 0.3) is 0 Å². The standard InChI is InChI=1S/C14H19N3O2/c15-13-11-4-2-1-3-10(11)9-12(13)16-14(18)17-5-7-19-8-6-17/h1-4,12-13H,5-9,15H2,(H,16,18)/t12-,13-/m1/s1. The summed E-state index contributed by atoms with van der Waals surface area (Å²) in [6.45, 7) is 2.54. The molecule has 1 saturated heterocycles. The predicted octanol–water partition coefficient (Wildman–Crippen LogP) is 0.653. The van der Waals surface area contributed by atoms with E-state index in [1.165, 1.54) is 5.56 Å². The Bertz CT molecular complexity index is 472. The van der Waals surface area contributed by atoms with Crippen molar-refractivity contribution in [3.05, 3.63) is 35.4 Å². The third-order valence-electron chi connectivity index (χ3n) is 3.89. The maximum absolute atomic E-state index is 12.2. The van der Waals surface area contributed by atoms with E-state index in [0.717, 1.165) is 12.0 Å². The van der Waals surface area contributed by atoms with E-state index in [1.54, 1.807) is 4.90 Å². The summed E-state index contributed by atoms with van der Waals surface area (Å²) < 4.78 is 5.25. The molecule has 3 N–H and O–H groups in total. The zero-order valence-corrected chi connectivity index (χ0v) is 10.8. The minimum absolute atomic E-state index is 0.00672. The molecule has 19 heavy (non-hydrogen) atoms. The number of morpholine rings is 1. The van der Waals surface area contributed by atoms with Crippen molar-refractivity contribution in [1.82, 2.24) is 10.2 Å². The van der Waals surface area contributed by atoms with E-state index in [4.69, 9.17) is 10.5 Å². The van der Waals surface area contributed by atoms with Crippen LogP contribution in [0.15, 0.2) is 24.3 Å². The Morgan fingerprint density at radius 1 is 1.32 bits per heavy atom. The molecule has 0 aromatic heterocycles. The second-order valence-electron chi connectivity index (χ2n) is 5.08. The molecule has 0 radical (unpaired) electrons. The second kappa shape index (κ2) is 5.19. The molecule has 1 aliphatic carbocycles. The summed E-state index contributed by atoms with van der Waals surface area (Å²) in [6.07, 6.45) is 0.813. The molecule has 1 heterocycles. The summed E-state index contributed by atoms with van der Waals surface area (Å²) in [4.78, 5) is 13.9. The lowest BCUT2D eigenvalue weighted by Gasteiger charge is -2.29. The van der Waals surface area contributed by atoms with Gasteiger partial charge in [-0.25, -0.2) is 4.79 Å². The minimum Gasteiger partial charge on any atom is -0.378 e. The molecular weight excluding hydrogens is 242 g/mol. The first-order valence-corrected chi connectivity index (χ1v) is 6.72. The van der Waals surface area contributed by atoms with Crippen molar-refractivity contribution in [2.75, 3.05) is 26.3 Å². The monoisotopic (exact) mass is 261 g/mol. The molecule has 0 bridgehead atoms. The molecule has 5 heteroatoms. The first kappa shape index (κ1) is 12.4. The number of fused-ring (bicyclic) bond motifs is 1. The summed E-state index contributed by atoms with van der Waals surface area (Å²) >= 11 is 0. The Morgan fingerprint density at radius 3 is 2.79 bits per heavy atom. The molecule has 0 saturated carbocycles. The van der Waals surface area contributed by atoms with E-state index < -0.39 is 0 Å². The molecule has 2 amide bonds. The van der Waals surface area contributed by atoms with E-state index in [2.05, 4.69) is 11.4 Å². The van der Waals surface area contributed by atoms with Crippen molar-refractivity contribution >= 4 is 6.03 Å². The molecule has 1 aromatic rings. The van der Waals surface area contributed by atoms with Crippen molar-refractivity contribution in [2.24, 2.45) is 5.73 Å². The molecule has 2 atom stereocenters. The number of nitrogens with one attached hydrogen (secondary N) is 1. The lowest BCUT2D eigenvalue weighted by molar-refractivity contribution is 0.0524. The number of hydrogen-bond acceptors (Lipinski definition) is 3. The van der Waals surface area contributed by atoms with Crippen LogP contribution in [0, 0.1) is 0 Å². The van der Waals surface area contributed by atoms with Crippen molar-refractivity contribution in [1.29, 1.82) is 0 Å². The summed E-state index contributed by atoms with van der Waals surface area (Å²) in [6, 6.07) is 7.98. The second-order valence-corrected chi connectivity index (χ2v) is 5.08. The van der Waals surface area contributed by atoms with Crippen LogP contribution in [0.2, 0.25) is 0 Å². The topological polar surface area (TPSA) is 67.6 Å². The number of hydrogen-bond donors (Lipinski definition) is 2. The lowest BCUT2D eigenvalue weighted by Crippen LogP contribution is -2.51. The highest BCUT2D eigenvalue weighted by molar-refractivity contribution is 5.75. The van der Waals surface area contributed by atoms with Gasteiger partial charge in [-0.1, -0.05) is 24.3 Å². The highest BCUT2D eigenvalue weighted by Gasteiger charge is 2.31. The average Bonchev–Trinajstić information content (AvgIpc) is 2.77. The quantitative estimate of drug-likeness (QED) is 0.780. The normalized spacial score (nSPS) is 26.1. The Labute approximate surface area is 112 Å². The van der Waals surface area contributed by atoms with Crippen LogP contribution in [0.4, 0.5) is 4.79 Å². The molecule has 1 aliphatic heterocycles. The number of rotatable bonds is 1. The molecule has 1 aromatic carbocycles. The summed E-state index contributed by atoms with van der Waals surface area (Å²) in [5.41, 5.74) is 8.60. The van der Waals surface area contributed by atoms with Gasteiger partial charge in [0, 0.05) is 13.1 Å². The van der Waals surface area contributed by atoms with Crippen LogP contribution in [0.3, 0.4) is 0 Å². The molecular formula is C14H19N3O2. The number of nitrogens with two attached hydrogens (primary N) is 1. The van der Waals surface area contributed by atoms with E-state index >= 15 is 0 Å². The van der Waals surface area contributed by atoms with Gasteiger partial charge in [-0.15, -0.1) is 0 Å². The average molecular weight is 261 g/mol. The van der Waals surface area contributed by atoms with E-state index in [9.17, 15) is 4.79 Å². The summed E-state index contributed by atoms with van der Waals surface area (Å²) in [5, 5.41) is 3.05. The minimum atomic E-state index is -0.110. The van der Waals surface area contributed by atoms with Crippen LogP contribution in [-0.2, 0) is 11.2 Å². The Hall–Kier alpha value is -1.59. The van der Waals surface area contributed by atoms with Crippen LogP contribution in [-0.4, -0.2) is 43.3 Å². The van der Waals surface area contributed by atoms with E-state index in [0.29, 0.717) is 26.3 Å². The Morgan fingerprint density at radius 2 is 2.05 bits per heavy atom. The fourth-order valence-electron chi connectivity index (χ4n) is 2.78. The van der Waals surface area contributed by atoms with Gasteiger partial charge < -0.3 is 20.7 Å². The molecule has 3 rings (SSSR count). The smallest absolute Gasteiger partial charge is 0.317 e. The molecule has 102 valence electrons. The summed E-state index contributed by atoms with van der Waals surface area (Å²) in [5.74, 6) is 0. The predicted molar refractivity (Wildman–Crippen MR) is 71.8 cm³/mol. The molecule has 0 spiro atoms. The van der Waals surface area contributed by atoms with Gasteiger partial charge in [-0.3, -0.25) is 0 Å². The van der Waals surface area contributed by atoms with Crippen LogP contribution in [0.25, 0.3) is 0 Å². The van der Waals surface area contributed by atoms with Crippen LogP contribution >= 0.6 is 0 Å². The summed E-state index contributed by atoms with van der Waals surface area (Å²) in [7, 11) is 0. The van der Waals surface area contributed by atoms with Crippen LogP contribution in [0.5, 0.6) is 0 Å². The first-order chi connectivity index (χ1) is 9.25. The molecule has 5 nitrogen and oxygen atoms in total. The highest BCUT2D eigenvalue weighted by Crippen LogP contribution is 2.29. The van der Waals surface area contributed by atoms with Gasteiger partial charge in [0.15, 0.2) is 0 Å². The number of urea groups is 1. The fourth-order valence-corrected chi connectivity index (χ4v) is 2.78. The van der Waals surface area contributed by atoms with Gasteiger partial charge >= 0.3 is 6.03 Å². The number of ether oxygens (including phenoxy) is 1. The van der Waals surface area contributed by atoms with Gasteiger partial charge in [-0.05, 0) is 17.5 Å². The fraction of sp³-hybridized carbons (Fsp3) is 0.500. The third-order valence-corrected chi connectivity index (χ3v) is 3.89. The Balaban J connectivity index is 1.64. The highest BCUT2D eigenvalue weighted by atomic mass is 16.5. The third kappa shape index (κ3) is 2.43. The number of benzene rings is 1. The van der Waals surface area contributed by atoms with Crippen LogP contribution < -0.4 is 11.1 Å². The first-order valence-electron chi connectivity index (χ1n) is 6.72. The van der Waals surface area contributed by atoms with E-state index in [-0.39, 0.29) is 18.1 Å². The largest absolute Gasteiger partial charge is 0.378 e. The Kier molecular flexibility index (Phi) is 3.40. The zero-order chi connectivity index (χ0) is 13.2. The number of carbonyl (C=O) groups is 1. The van der Waals surface area contributed by atoms with Gasteiger partial charge in [0.05, 0.1) is 25.3 Å². The maximum Gasteiger partial charge on any atom is 0.317 e. The van der Waals surface area contributed by atoms with Crippen molar-refractivity contribution in [3.8, 4) is 0 Å². The molecule has 0 unspecified atom stereocenters. The molecule has 1 fully saturated rings. The number of amides is 2. The van der Waals surface area contributed by atoms with Crippen molar-refractivity contribution < 1.29 is 9.53 Å². The van der Waals surface area contributed by atoms with Gasteiger partial charge in [-0.2, -0.15) is 0 Å². The SMILES string of the molecule is N[C@@H]1c2ccccc2C[C@H]1NC(=O)N1CCOCC1. The number of carbonyl (C=O) groups excluding carboxylic acids is 1. The molecule has 2 aliphatic rings. The maximum atomic E-state index is 12.2. The van der Waals surface area contributed by atoms with Crippen LogP contribution in [0.1, 0.15) is 17.2 Å². The van der Waals surface area contributed by atoms with Gasteiger partial charge in [0.1, 0.15) is 0 Å². The number of nitrogens with zero attached hydrogens (tertiary/aromatic N) is 1. The zero-order valence-electron chi connectivity index (χ0n) is 10.8. The lowest BCUT2D eigenvalue weighted by atomic mass is 10.1. The van der Waals surface area contributed by atoms with Crippen molar-refractivity contribution in [2.45, 2.75) is 18.5 Å².